The normalized spacial score (nSPS) is 14.4. The number of esters is 4. The number of hydrogen-bond acceptors (Lipinski definition) is 15. The molecular formula is C84H164O17P2. The monoisotopic (exact) mass is 1510 g/mol. The van der Waals surface area contributed by atoms with Crippen LogP contribution in [0.4, 0.5) is 0 Å². The van der Waals surface area contributed by atoms with E-state index in [0.717, 1.165) is 120 Å². The first-order chi connectivity index (χ1) is 49.8. The van der Waals surface area contributed by atoms with Crippen LogP contribution in [0.5, 0.6) is 0 Å². The van der Waals surface area contributed by atoms with Crippen LogP contribution in [0.3, 0.4) is 0 Å². The molecule has 0 aromatic heterocycles. The fourth-order valence-corrected chi connectivity index (χ4v) is 14.5. The van der Waals surface area contributed by atoms with Crippen molar-refractivity contribution in [3.05, 3.63) is 0 Å². The van der Waals surface area contributed by atoms with Crippen molar-refractivity contribution in [2.24, 2.45) is 17.8 Å². The van der Waals surface area contributed by atoms with Gasteiger partial charge in [0.25, 0.3) is 0 Å². The van der Waals surface area contributed by atoms with Crippen LogP contribution in [0.15, 0.2) is 0 Å². The molecule has 0 spiro atoms. The molecule has 0 saturated carbocycles. The van der Waals surface area contributed by atoms with Crippen molar-refractivity contribution in [3.63, 3.8) is 0 Å². The Kier molecular flexibility index (Phi) is 72.8. The minimum absolute atomic E-state index is 0.107. The molecule has 0 fully saturated rings. The van der Waals surface area contributed by atoms with Crippen LogP contribution in [0, 0.1) is 17.8 Å². The molecule has 0 aromatic carbocycles. The number of carbonyl (C=O) groups excluding carboxylic acids is 4. The second kappa shape index (κ2) is 74.2. The lowest BCUT2D eigenvalue weighted by Gasteiger charge is -2.21. The minimum atomic E-state index is -4.96. The van der Waals surface area contributed by atoms with Gasteiger partial charge in [-0.05, 0) is 43.4 Å². The van der Waals surface area contributed by atoms with Crippen LogP contribution in [-0.4, -0.2) is 96.7 Å². The van der Waals surface area contributed by atoms with E-state index in [4.69, 9.17) is 37.0 Å². The summed E-state index contributed by atoms with van der Waals surface area (Å²) in [6.07, 6.45) is 63.9. The first-order valence-corrected chi connectivity index (χ1v) is 46.4. The zero-order valence-corrected chi connectivity index (χ0v) is 69.6. The maximum Gasteiger partial charge on any atom is 0.472 e. The van der Waals surface area contributed by atoms with Crippen molar-refractivity contribution < 1.29 is 80.2 Å². The highest BCUT2D eigenvalue weighted by atomic mass is 31.2. The third-order valence-corrected chi connectivity index (χ3v) is 22.3. The standard InChI is InChI=1S/C84H164O17P2/c1-8-11-12-13-41-51-58-65-81(86)94-71-79(100-83(88)68-61-54-47-40-34-28-22-23-29-35-42-48-55-62-75(4)5)73-98-102(90,91)96-69-78(85)70-97-103(92,93)99-74-80(72-95-82(87)66-59-52-45-38-32-26-21-20-25-31-37-44-50-57-64-77(7)10-3)101-84(89)67-60-53-46-39-33-27-19-17-15-14-16-18-24-30-36-43-49-56-63-76(6)9-2/h75-80,85H,8-74H2,1-7H3,(H,90,91)(H,92,93)/t76?,77?,78-,79+,80+/m0/s1. The van der Waals surface area contributed by atoms with E-state index in [0.29, 0.717) is 25.7 Å². The average molecular weight is 1510 g/mol. The molecule has 0 aliphatic heterocycles. The van der Waals surface area contributed by atoms with Gasteiger partial charge in [-0.3, -0.25) is 37.3 Å². The summed E-state index contributed by atoms with van der Waals surface area (Å²) in [4.78, 5) is 73.0. The van der Waals surface area contributed by atoms with Gasteiger partial charge in [-0.2, -0.15) is 0 Å². The summed E-state index contributed by atoms with van der Waals surface area (Å²) in [5, 5.41) is 10.6. The molecule has 0 saturated heterocycles. The van der Waals surface area contributed by atoms with Gasteiger partial charge in [0.05, 0.1) is 26.4 Å². The molecule has 0 bridgehead atoms. The summed E-state index contributed by atoms with van der Waals surface area (Å²) in [5.74, 6) is 0.396. The highest BCUT2D eigenvalue weighted by Crippen LogP contribution is 2.45. The van der Waals surface area contributed by atoms with E-state index >= 15 is 0 Å². The summed E-state index contributed by atoms with van der Waals surface area (Å²) >= 11 is 0. The van der Waals surface area contributed by atoms with E-state index in [1.54, 1.807) is 0 Å². The Bertz CT molecular complexity index is 2000. The molecule has 0 aliphatic carbocycles. The Morgan fingerprint density at radius 2 is 0.495 bits per heavy atom. The summed E-state index contributed by atoms with van der Waals surface area (Å²) in [6, 6.07) is 0. The first-order valence-electron chi connectivity index (χ1n) is 43.4. The van der Waals surface area contributed by atoms with Crippen LogP contribution in [0.25, 0.3) is 0 Å². The zero-order chi connectivity index (χ0) is 75.8. The Labute approximate surface area is 632 Å². The Morgan fingerprint density at radius 1 is 0.282 bits per heavy atom. The number of carbonyl (C=O) groups is 4. The molecule has 4 unspecified atom stereocenters. The van der Waals surface area contributed by atoms with Crippen molar-refractivity contribution in [1.29, 1.82) is 0 Å². The van der Waals surface area contributed by atoms with Gasteiger partial charge in [-0.15, -0.1) is 0 Å². The van der Waals surface area contributed by atoms with Gasteiger partial charge >= 0.3 is 39.5 Å². The molecule has 7 atom stereocenters. The van der Waals surface area contributed by atoms with Crippen molar-refractivity contribution in [2.75, 3.05) is 39.6 Å². The molecule has 0 radical (unpaired) electrons. The Hall–Kier alpha value is -1.94. The molecule has 19 heteroatoms. The second-order valence-electron chi connectivity index (χ2n) is 31.2. The predicted molar refractivity (Wildman–Crippen MR) is 423 cm³/mol. The molecular weight excluding hydrogens is 1340 g/mol. The molecule has 17 nitrogen and oxygen atoms in total. The topological polar surface area (TPSA) is 237 Å². The van der Waals surface area contributed by atoms with Gasteiger partial charge in [0, 0.05) is 25.7 Å². The number of ether oxygens (including phenoxy) is 4. The van der Waals surface area contributed by atoms with E-state index < -0.39 is 97.5 Å². The molecule has 3 N–H and O–H groups in total. The van der Waals surface area contributed by atoms with Crippen molar-refractivity contribution >= 4 is 39.5 Å². The Morgan fingerprint density at radius 3 is 0.738 bits per heavy atom. The summed E-state index contributed by atoms with van der Waals surface area (Å²) < 4.78 is 68.7. The molecule has 103 heavy (non-hydrogen) atoms. The number of aliphatic hydroxyl groups is 1. The quantitative estimate of drug-likeness (QED) is 0.0222. The van der Waals surface area contributed by atoms with Crippen molar-refractivity contribution in [3.8, 4) is 0 Å². The van der Waals surface area contributed by atoms with Crippen LogP contribution in [0.2, 0.25) is 0 Å². The highest BCUT2D eigenvalue weighted by molar-refractivity contribution is 7.47. The lowest BCUT2D eigenvalue weighted by atomic mass is 9.99. The van der Waals surface area contributed by atoms with Crippen molar-refractivity contribution in [2.45, 2.75) is 458 Å². The number of rotatable bonds is 82. The van der Waals surface area contributed by atoms with E-state index in [1.807, 2.05) is 0 Å². The number of phosphoric ester groups is 2. The second-order valence-corrected chi connectivity index (χ2v) is 34.1. The molecule has 0 amide bonds. The van der Waals surface area contributed by atoms with E-state index in [1.165, 1.54) is 238 Å². The summed E-state index contributed by atoms with van der Waals surface area (Å²) in [5.41, 5.74) is 0. The van der Waals surface area contributed by atoms with Crippen LogP contribution >= 0.6 is 15.6 Å². The van der Waals surface area contributed by atoms with Gasteiger partial charge in [0.2, 0.25) is 0 Å². The Balaban J connectivity index is 5.17. The van der Waals surface area contributed by atoms with Gasteiger partial charge in [-0.25, -0.2) is 9.13 Å². The average Bonchev–Trinajstić information content (AvgIpc) is 0.912. The minimum Gasteiger partial charge on any atom is -0.462 e. The summed E-state index contributed by atoms with van der Waals surface area (Å²) in [7, 11) is -9.92. The lowest BCUT2D eigenvalue weighted by molar-refractivity contribution is -0.161. The molecule has 612 valence electrons. The summed E-state index contributed by atoms with van der Waals surface area (Å²) in [6.45, 7) is 12.1. The van der Waals surface area contributed by atoms with Gasteiger partial charge < -0.3 is 33.8 Å². The fraction of sp³-hybridized carbons (Fsp3) is 0.952. The number of aliphatic hydroxyl groups excluding tert-OH is 1. The van der Waals surface area contributed by atoms with Crippen LogP contribution in [0.1, 0.15) is 440 Å². The third-order valence-electron chi connectivity index (χ3n) is 20.4. The number of unbranched alkanes of at least 4 members (excludes halogenated alkanes) is 48. The van der Waals surface area contributed by atoms with E-state index in [2.05, 4.69) is 48.5 Å². The highest BCUT2D eigenvalue weighted by Gasteiger charge is 2.30. The maximum atomic E-state index is 13.1. The fourth-order valence-electron chi connectivity index (χ4n) is 13.0. The molecule has 0 aromatic rings. The van der Waals surface area contributed by atoms with Gasteiger partial charge in [-0.1, -0.05) is 389 Å². The first kappa shape index (κ1) is 101. The number of phosphoric acid groups is 2. The predicted octanol–water partition coefficient (Wildman–Crippen LogP) is 25.3. The van der Waals surface area contributed by atoms with Gasteiger partial charge in [0.15, 0.2) is 12.2 Å². The van der Waals surface area contributed by atoms with Gasteiger partial charge in [0.1, 0.15) is 19.3 Å². The van der Waals surface area contributed by atoms with E-state index in [-0.39, 0.29) is 25.7 Å². The van der Waals surface area contributed by atoms with Crippen LogP contribution < -0.4 is 0 Å². The third kappa shape index (κ3) is 75.3. The van der Waals surface area contributed by atoms with Crippen molar-refractivity contribution in [1.82, 2.24) is 0 Å². The SMILES string of the molecule is CCCCCCCCCC(=O)OC[C@H](COP(=O)(O)OC[C@H](O)COP(=O)(O)OC[C@@H](COC(=O)CCCCCCCCCCCCCCCCC(C)CC)OC(=O)CCCCCCCCCCCCCCCCCCCCC(C)CC)OC(=O)CCCCCCCCCCCCCCCC(C)C. The molecule has 0 aliphatic rings. The zero-order valence-electron chi connectivity index (χ0n) is 67.8. The maximum absolute atomic E-state index is 13.1. The van der Waals surface area contributed by atoms with Crippen LogP contribution in [-0.2, 0) is 65.4 Å². The molecule has 0 rings (SSSR count). The molecule has 0 heterocycles. The number of hydrogen-bond donors (Lipinski definition) is 3. The largest absolute Gasteiger partial charge is 0.472 e. The van der Waals surface area contributed by atoms with E-state index in [9.17, 15) is 43.2 Å². The smallest absolute Gasteiger partial charge is 0.462 e. The lowest BCUT2D eigenvalue weighted by Crippen LogP contribution is -2.30.